The fourth-order valence-electron chi connectivity index (χ4n) is 2.41. The van der Waals surface area contributed by atoms with Crippen molar-refractivity contribution in [2.45, 2.75) is 24.9 Å². The van der Waals surface area contributed by atoms with E-state index in [1.165, 1.54) is 18.9 Å². The molecule has 1 aromatic carbocycles. The smallest absolute Gasteiger partial charge is 0.314 e. The molecule has 18 heavy (non-hydrogen) atoms. The average molecular weight is 322 g/mol. The van der Waals surface area contributed by atoms with E-state index in [2.05, 4.69) is 15.9 Å². The molecule has 0 aromatic heterocycles. The van der Waals surface area contributed by atoms with Crippen LogP contribution in [0.3, 0.4) is 0 Å². The van der Waals surface area contributed by atoms with E-state index in [1.54, 1.807) is 18.2 Å². The molecule has 2 nitrogen and oxygen atoms in total. The molecule has 0 saturated carbocycles. The van der Waals surface area contributed by atoms with E-state index in [4.69, 9.17) is 0 Å². The predicted molar refractivity (Wildman–Crippen MR) is 65.6 cm³/mol. The minimum absolute atomic E-state index is 0.418. The Morgan fingerprint density at radius 1 is 1.39 bits per heavy atom. The van der Waals surface area contributed by atoms with Crippen molar-refractivity contribution in [2.24, 2.45) is 0 Å². The van der Waals surface area contributed by atoms with E-state index in [0.717, 1.165) is 0 Å². The zero-order valence-electron chi connectivity index (χ0n) is 9.81. The molecule has 1 aliphatic rings. The summed E-state index contributed by atoms with van der Waals surface area (Å²) >= 11 is 3.22. The Balaban J connectivity index is 2.57. The summed E-state index contributed by atoms with van der Waals surface area (Å²) in [5, 5.41) is 0. The number of likely N-dealkylation sites (N-methyl/N-ethyl adjacent to an activating group) is 1. The van der Waals surface area contributed by atoms with Crippen LogP contribution in [0.1, 0.15) is 18.9 Å². The second-order valence-electron chi connectivity index (χ2n) is 4.65. The molecule has 0 unspecified atom stereocenters. The molecule has 2 rings (SSSR count). The third-order valence-electron chi connectivity index (χ3n) is 3.25. The van der Waals surface area contributed by atoms with Crippen LogP contribution in [-0.4, -0.2) is 19.1 Å². The van der Waals surface area contributed by atoms with Crippen molar-refractivity contribution in [3.8, 4) is 0 Å². The average Bonchev–Trinajstić information content (AvgIpc) is 2.39. The molecule has 98 valence electrons. The molecule has 0 N–H and O–H groups in total. The maximum absolute atomic E-state index is 12.7. The van der Waals surface area contributed by atoms with E-state index in [1.807, 2.05) is 0 Å². The third-order valence-corrected chi connectivity index (χ3v) is 3.74. The Labute approximate surface area is 111 Å². The summed E-state index contributed by atoms with van der Waals surface area (Å²) in [6.07, 6.45) is -5.53. The monoisotopic (exact) mass is 321 g/mol. The first-order valence-electron chi connectivity index (χ1n) is 5.30. The molecule has 6 heteroatoms. The van der Waals surface area contributed by atoms with Gasteiger partial charge in [-0.15, -0.1) is 0 Å². The van der Waals surface area contributed by atoms with E-state index in [9.17, 15) is 18.0 Å². The Morgan fingerprint density at radius 3 is 2.56 bits per heavy atom. The van der Waals surface area contributed by atoms with Crippen LogP contribution in [-0.2, 0) is 10.2 Å². The van der Waals surface area contributed by atoms with E-state index < -0.39 is 23.9 Å². The van der Waals surface area contributed by atoms with Gasteiger partial charge in [0.2, 0.25) is 5.91 Å². The molecule has 0 saturated heterocycles. The molecule has 1 aromatic rings. The van der Waals surface area contributed by atoms with Crippen molar-refractivity contribution < 1.29 is 18.0 Å². The lowest BCUT2D eigenvalue weighted by Gasteiger charge is -2.24. The first-order valence-corrected chi connectivity index (χ1v) is 6.09. The van der Waals surface area contributed by atoms with Gasteiger partial charge < -0.3 is 4.90 Å². The van der Waals surface area contributed by atoms with Crippen molar-refractivity contribution in [2.75, 3.05) is 11.9 Å². The SMILES string of the molecule is CN1C(=O)[C@@](C)(CC(F)(F)F)c2cc(Br)ccc21. The summed E-state index contributed by atoms with van der Waals surface area (Å²) in [5.41, 5.74) is -0.580. The number of carbonyl (C=O) groups is 1. The predicted octanol–water partition coefficient (Wildman–Crippen LogP) is 3.64. The quantitative estimate of drug-likeness (QED) is 0.773. The van der Waals surface area contributed by atoms with Crippen molar-refractivity contribution in [1.29, 1.82) is 0 Å². The number of hydrogen-bond donors (Lipinski definition) is 0. The lowest BCUT2D eigenvalue weighted by atomic mass is 9.80. The number of fused-ring (bicyclic) bond motifs is 1. The Morgan fingerprint density at radius 2 is 2.00 bits per heavy atom. The van der Waals surface area contributed by atoms with E-state index >= 15 is 0 Å². The number of anilines is 1. The molecule has 0 aliphatic carbocycles. The number of alkyl halides is 3. The summed E-state index contributed by atoms with van der Waals surface area (Å²) < 4.78 is 38.7. The molecule has 0 bridgehead atoms. The number of rotatable bonds is 1. The van der Waals surface area contributed by atoms with Crippen molar-refractivity contribution in [1.82, 2.24) is 0 Å². The standard InChI is InChI=1S/C12H11BrF3NO/c1-11(6-12(14,15)16)8-5-7(13)3-4-9(8)17(2)10(11)18/h3-5H,6H2,1-2H3/t11-/m0/s1. The van der Waals surface area contributed by atoms with Crippen LogP contribution in [0, 0.1) is 0 Å². The topological polar surface area (TPSA) is 20.3 Å². The molecule has 0 fully saturated rings. The highest BCUT2D eigenvalue weighted by molar-refractivity contribution is 9.10. The number of hydrogen-bond acceptors (Lipinski definition) is 1. The van der Waals surface area contributed by atoms with Gasteiger partial charge in [0.1, 0.15) is 0 Å². The highest BCUT2D eigenvalue weighted by atomic mass is 79.9. The summed E-state index contributed by atoms with van der Waals surface area (Å²) in [6, 6.07) is 4.95. The van der Waals surface area contributed by atoms with Gasteiger partial charge in [-0.3, -0.25) is 4.79 Å². The summed E-state index contributed by atoms with van der Waals surface area (Å²) in [5.74, 6) is -0.520. The van der Waals surface area contributed by atoms with Crippen LogP contribution < -0.4 is 4.90 Å². The van der Waals surface area contributed by atoms with Crippen molar-refractivity contribution in [3.05, 3.63) is 28.2 Å². The summed E-state index contributed by atoms with van der Waals surface area (Å²) in [7, 11) is 1.50. The van der Waals surface area contributed by atoms with E-state index in [-0.39, 0.29) is 0 Å². The summed E-state index contributed by atoms with van der Waals surface area (Å²) in [4.78, 5) is 13.4. The maximum atomic E-state index is 12.7. The second kappa shape index (κ2) is 3.98. The number of carbonyl (C=O) groups excluding carboxylic acids is 1. The van der Waals surface area contributed by atoms with Crippen LogP contribution in [0.25, 0.3) is 0 Å². The highest BCUT2D eigenvalue weighted by Gasteiger charge is 2.52. The van der Waals surface area contributed by atoms with Crippen LogP contribution in [0.15, 0.2) is 22.7 Å². The van der Waals surface area contributed by atoms with E-state index in [0.29, 0.717) is 15.7 Å². The minimum Gasteiger partial charge on any atom is -0.314 e. The van der Waals surface area contributed by atoms with Gasteiger partial charge in [0.25, 0.3) is 0 Å². The number of benzene rings is 1. The first-order chi connectivity index (χ1) is 8.15. The minimum atomic E-state index is -4.38. The number of nitrogens with zero attached hydrogens (tertiary/aromatic N) is 1. The lowest BCUT2D eigenvalue weighted by Crippen LogP contribution is -2.39. The molecule has 0 spiro atoms. The Bertz CT molecular complexity index is 515. The van der Waals surface area contributed by atoms with Gasteiger partial charge in [-0.2, -0.15) is 13.2 Å². The van der Waals surface area contributed by atoms with Gasteiger partial charge in [-0.05, 0) is 30.7 Å². The van der Waals surface area contributed by atoms with Gasteiger partial charge in [0, 0.05) is 17.2 Å². The first kappa shape index (κ1) is 13.4. The maximum Gasteiger partial charge on any atom is 0.390 e. The van der Waals surface area contributed by atoms with Gasteiger partial charge >= 0.3 is 6.18 Å². The third kappa shape index (κ3) is 2.02. The molecule has 0 radical (unpaired) electrons. The molecule has 1 heterocycles. The molecule has 1 atom stereocenters. The van der Waals surface area contributed by atoms with Crippen LogP contribution in [0.5, 0.6) is 0 Å². The fourth-order valence-corrected chi connectivity index (χ4v) is 2.77. The van der Waals surface area contributed by atoms with Crippen LogP contribution in [0.2, 0.25) is 0 Å². The molecule has 1 aliphatic heterocycles. The molecular formula is C12H11BrF3NO. The summed E-state index contributed by atoms with van der Waals surface area (Å²) in [6.45, 7) is 1.34. The number of amides is 1. The van der Waals surface area contributed by atoms with Crippen LogP contribution in [0.4, 0.5) is 18.9 Å². The fraction of sp³-hybridized carbons (Fsp3) is 0.417. The van der Waals surface area contributed by atoms with Crippen molar-refractivity contribution >= 4 is 27.5 Å². The lowest BCUT2D eigenvalue weighted by molar-refractivity contribution is -0.154. The van der Waals surface area contributed by atoms with Crippen LogP contribution >= 0.6 is 15.9 Å². The zero-order valence-corrected chi connectivity index (χ0v) is 11.4. The van der Waals surface area contributed by atoms with Gasteiger partial charge in [-0.25, -0.2) is 0 Å². The van der Waals surface area contributed by atoms with Gasteiger partial charge in [-0.1, -0.05) is 15.9 Å². The van der Waals surface area contributed by atoms with Gasteiger partial charge in [0.05, 0.1) is 11.8 Å². The van der Waals surface area contributed by atoms with Gasteiger partial charge in [0.15, 0.2) is 0 Å². The number of halogens is 4. The molecule has 1 amide bonds. The Kier molecular flexibility index (Phi) is 2.96. The Hall–Kier alpha value is -1.04. The molecular weight excluding hydrogens is 311 g/mol. The normalized spacial score (nSPS) is 23.4. The largest absolute Gasteiger partial charge is 0.390 e. The second-order valence-corrected chi connectivity index (χ2v) is 5.57. The van der Waals surface area contributed by atoms with Crippen molar-refractivity contribution in [3.63, 3.8) is 0 Å². The highest BCUT2D eigenvalue weighted by Crippen LogP contribution is 2.47. The zero-order chi connectivity index (χ0) is 13.7.